The number of carbonyl (C=O) groups is 1. The third kappa shape index (κ3) is 5.48. The number of pyridine rings is 1. The highest BCUT2D eigenvalue weighted by molar-refractivity contribution is 6.31. The number of H-pyrrole nitrogens is 1. The summed E-state index contributed by atoms with van der Waals surface area (Å²) in [6.45, 7) is 3.37. The molecular formula is C23H23ClN6O3. The molecule has 1 N–H and O–H groups in total. The predicted molar refractivity (Wildman–Crippen MR) is 124 cm³/mol. The average Bonchev–Trinajstić information content (AvgIpc) is 2.84. The lowest BCUT2D eigenvalue weighted by Gasteiger charge is -2.35. The molecule has 0 unspecified atom stereocenters. The summed E-state index contributed by atoms with van der Waals surface area (Å²) in [6, 6.07) is 9.07. The average molecular weight is 467 g/mol. The van der Waals surface area contributed by atoms with Crippen LogP contribution < -0.4 is 10.5 Å². The van der Waals surface area contributed by atoms with Crippen LogP contribution in [0.3, 0.4) is 0 Å². The van der Waals surface area contributed by atoms with Crippen molar-refractivity contribution in [1.82, 2.24) is 20.1 Å². The Balaban J connectivity index is 1.21. The van der Waals surface area contributed by atoms with E-state index in [4.69, 9.17) is 21.6 Å². The fourth-order valence-corrected chi connectivity index (χ4v) is 4.10. The van der Waals surface area contributed by atoms with E-state index in [0.717, 1.165) is 16.8 Å². The molecule has 1 aliphatic heterocycles. The van der Waals surface area contributed by atoms with Crippen molar-refractivity contribution in [3.63, 3.8) is 0 Å². The lowest BCUT2D eigenvalue weighted by molar-refractivity contribution is -0.132. The van der Waals surface area contributed by atoms with E-state index >= 15 is 0 Å². The van der Waals surface area contributed by atoms with Gasteiger partial charge in [-0.05, 0) is 36.2 Å². The fraction of sp³-hybridized carbons (Fsp3) is 0.348. The summed E-state index contributed by atoms with van der Waals surface area (Å²) in [4.78, 5) is 32.7. The van der Waals surface area contributed by atoms with Crippen LogP contribution in [0.1, 0.15) is 17.5 Å². The molecule has 4 rings (SSSR count). The Morgan fingerprint density at radius 1 is 1.15 bits per heavy atom. The molecule has 2 aromatic heterocycles. The van der Waals surface area contributed by atoms with E-state index in [1.54, 1.807) is 24.5 Å². The number of nitriles is 1. The topological polar surface area (TPSA) is 115 Å². The van der Waals surface area contributed by atoms with Gasteiger partial charge in [0.15, 0.2) is 0 Å². The molecule has 10 heteroatoms. The third-order valence-electron chi connectivity index (χ3n) is 5.64. The van der Waals surface area contributed by atoms with Crippen LogP contribution in [-0.4, -0.2) is 65.4 Å². The number of aromatic nitrogens is 3. The van der Waals surface area contributed by atoms with Gasteiger partial charge in [0.1, 0.15) is 11.9 Å². The number of hydrogen-bond acceptors (Lipinski definition) is 7. The van der Waals surface area contributed by atoms with Crippen molar-refractivity contribution in [2.75, 3.05) is 44.3 Å². The van der Waals surface area contributed by atoms with E-state index in [1.165, 1.54) is 0 Å². The van der Waals surface area contributed by atoms with E-state index in [-0.39, 0.29) is 11.5 Å². The van der Waals surface area contributed by atoms with Gasteiger partial charge < -0.3 is 14.5 Å². The highest BCUT2D eigenvalue weighted by Crippen LogP contribution is 2.21. The Morgan fingerprint density at radius 3 is 2.70 bits per heavy atom. The van der Waals surface area contributed by atoms with E-state index in [2.05, 4.69) is 26.2 Å². The number of piperazine rings is 1. The quantitative estimate of drug-likeness (QED) is 0.530. The zero-order valence-electron chi connectivity index (χ0n) is 18.0. The molecule has 1 amide bonds. The molecule has 0 bridgehead atoms. The zero-order chi connectivity index (χ0) is 23.2. The summed E-state index contributed by atoms with van der Waals surface area (Å²) in [5.41, 5.74) is 1.13. The number of aromatic amines is 1. The van der Waals surface area contributed by atoms with Crippen molar-refractivity contribution in [3.8, 4) is 6.07 Å². The predicted octanol–water partition coefficient (Wildman–Crippen LogP) is 2.14. The van der Waals surface area contributed by atoms with E-state index in [1.807, 2.05) is 17.0 Å². The van der Waals surface area contributed by atoms with Crippen molar-refractivity contribution < 1.29 is 9.53 Å². The van der Waals surface area contributed by atoms with Crippen LogP contribution in [0.5, 0.6) is 0 Å². The summed E-state index contributed by atoms with van der Waals surface area (Å²) in [7, 11) is 0. The van der Waals surface area contributed by atoms with Gasteiger partial charge in [-0.15, -0.1) is 0 Å². The van der Waals surface area contributed by atoms with Gasteiger partial charge in [0, 0.05) is 42.8 Å². The first-order chi connectivity index (χ1) is 16.0. The molecule has 1 aliphatic rings. The van der Waals surface area contributed by atoms with Crippen molar-refractivity contribution in [3.05, 3.63) is 63.2 Å². The van der Waals surface area contributed by atoms with Gasteiger partial charge in [0.25, 0.3) is 5.56 Å². The number of rotatable bonds is 7. The number of carbonyl (C=O) groups excluding carboxylic acids is 1. The minimum absolute atomic E-state index is 0.0615. The summed E-state index contributed by atoms with van der Waals surface area (Å²) >= 11 is 6.14. The number of halogens is 1. The van der Waals surface area contributed by atoms with Gasteiger partial charge in [-0.25, -0.2) is 10.1 Å². The molecule has 0 atom stereocenters. The highest BCUT2D eigenvalue weighted by Gasteiger charge is 2.21. The number of amides is 1. The number of anilines is 1. The van der Waals surface area contributed by atoms with Crippen molar-refractivity contribution in [2.45, 2.75) is 12.8 Å². The normalized spacial score (nSPS) is 13.8. The first kappa shape index (κ1) is 22.7. The Hall–Kier alpha value is -3.48. The van der Waals surface area contributed by atoms with Gasteiger partial charge in [0.2, 0.25) is 5.91 Å². The molecule has 3 heterocycles. The number of hydrogen-bond donors (Lipinski definition) is 1. The molecule has 1 aromatic carbocycles. The Bertz CT molecular complexity index is 1230. The lowest BCUT2D eigenvalue weighted by Crippen LogP contribution is -2.49. The molecule has 1 fully saturated rings. The van der Waals surface area contributed by atoms with Crippen LogP contribution in [0.15, 0.2) is 41.5 Å². The SMILES string of the molecule is N#Cc1ccc(N2CCN(C(=O)CCOCCc3cc(Cl)cc4c(=O)[nH]ncc34)CC2)nc1. The summed E-state index contributed by atoms with van der Waals surface area (Å²) in [5, 5.41) is 16.9. The van der Waals surface area contributed by atoms with Gasteiger partial charge in [0.05, 0.1) is 36.8 Å². The van der Waals surface area contributed by atoms with Crippen molar-refractivity contribution in [2.24, 2.45) is 0 Å². The Kier molecular flexibility index (Phi) is 7.17. The van der Waals surface area contributed by atoms with Crippen LogP contribution >= 0.6 is 11.6 Å². The van der Waals surface area contributed by atoms with Crippen molar-refractivity contribution >= 4 is 34.1 Å². The van der Waals surface area contributed by atoms with Crippen LogP contribution in [-0.2, 0) is 16.0 Å². The zero-order valence-corrected chi connectivity index (χ0v) is 18.7. The summed E-state index contributed by atoms with van der Waals surface area (Å²) in [6.07, 6.45) is 4.04. The molecule has 0 spiro atoms. The number of fused-ring (bicyclic) bond motifs is 1. The first-order valence-corrected chi connectivity index (χ1v) is 11.1. The Morgan fingerprint density at radius 2 is 1.97 bits per heavy atom. The number of ether oxygens (including phenoxy) is 1. The van der Waals surface area contributed by atoms with Crippen LogP contribution in [0.4, 0.5) is 5.82 Å². The first-order valence-electron chi connectivity index (χ1n) is 10.7. The maximum Gasteiger partial charge on any atom is 0.272 e. The van der Waals surface area contributed by atoms with Crippen LogP contribution in [0.25, 0.3) is 10.8 Å². The summed E-state index contributed by atoms with van der Waals surface area (Å²) < 4.78 is 5.69. The van der Waals surface area contributed by atoms with Gasteiger partial charge >= 0.3 is 0 Å². The van der Waals surface area contributed by atoms with Crippen molar-refractivity contribution in [1.29, 1.82) is 5.26 Å². The minimum Gasteiger partial charge on any atom is -0.381 e. The second-order valence-corrected chi connectivity index (χ2v) is 8.16. The molecule has 0 radical (unpaired) electrons. The monoisotopic (exact) mass is 466 g/mol. The van der Waals surface area contributed by atoms with Crippen LogP contribution in [0, 0.1) is 11.3 Å². The number of nitrogens with zero attached hydrogens (tertiary/aromatic N) is 5. The second kappa shape index (κ2) is 10.4. The van der Waals surface area contributed by atoms with E-state index in [0.29, 0.717) is 68.2 Å². The molecule has 33 heavy (non-hydrogen) atoms. The number of benzene rings is 1. The molecule has 0 aliphatic carbocycles. The molecule has 170 valence electrons. The van der Waals surface area contributed by atoms with E-state index in [9.17, 15) is 9.59 Å². The fourth-order valence-electron chi connectivity index (χ4n) is 3.86. The highest BCUT2D eigenvalue weighted by atomic mass is 35.5. The number of nitrogens with one attached hydrogen (secondary N) is 1. The van der Waals surface area contributed by atoms with E-state index < -0.39 is 0 Å². The van der Waals surface area contributed by atoms with Gasteiger partial charge in [-0.1, -0.05) is 11.6 Å². The molecule has 1 saturated heterocycles. The Labute approximate surface area is 195 Å². The van der Waals surface area contributed by atoms with Crippen LogP contribution in [0.2, 0.25) is 5.02 Å². The van der Waals surface area contributed by atoms with Gasteiger partial charge in [-0.3, -0.25) is 9.59 Å². The standard InChI is InChI=1S/C23H23ClN6O3/c24-18-11-17(20-15-27-28-23(32)19(20)12-18)3-9-33-10-4-22(31)30-7-5-29(6-8-30)21-2-1-16(13-25)14-26-21/h1-2,11-12,14-15H,3-10H2,(H,28,32). The largest absolute Gasteiger partial charge is 0.381 e. The maximum absolute atomic E-state index is 12.5. The minimum atomic E-state index is -0.280. The third-order valence-corrected chi connectivity index (χ3v) is 5.86. The maximum atomic E-state index is 12.5. The smallest absolute Gasteiger partial charge is 0.272 e. The molecule has 3 aromatic rings. The molecule has 0 saturated carbocycles. The molecule has 9 nitrogen and oxygen atoms in total. The lowest BCUT2D eigenvalue weighted by atomic mass is 10.1. The second-order valence-electron chi connectivity index (χ2n) is 7.72. The molecular weight excluding hydrogens is 444 g/mol. The summed E-state index contributed by atoms with van der Waals surface area (Å²) in [5.74, 6) is 0.876. The van der Waals surface area contributed by atoms with Gasteiger partial charge in [-0.2, -0.15) is 10.4 Å².